The van der Waals surface area contributed by atoms with Gasteiger partial charge in [0.2, 0.25) is 0 Å². The molecule has 0 bridgehead atoms. The van der Waals surface area contributed by atoms with Crippen molar-refractivity contribution in [2.75, 3.05) is 31.6 Å². The number of pyridine rings is 1. The lowest BCUT2D eigenvalue weighted by molar-refractivity contribution is 0.0337. The van der Waals surface area contributed by atoms with E-state index < -0.39 is 0 Å². The molecule has 1 saturated heterocycles. The number of ether oxygens (including phenoxy) is 1. The molecule has 0 radical (unpaired) electrons. The number of amides is 1. The third-order valence-electron chi connectivity index (χ3n) is 4.43. The van der Waals surface area contributed by atoms with Gasteiger partial charge in [0, 0.05) is 31.2 Å². The van der Waals surface area contributed by atoms with E-state index in [9.17, 15) is 4.79 Å². The highest BCUT2D eigenvalue weighted by Gasteiger charge is 2.17. The molecular weight excluding hydrogens is 366 g/mol. The van der Waals surface area contributed by atoms with Gasteiger partial charge in [0.1, 0.15) is 0 Å². The standard InChI is InChI=1S/C18H21N5O3S/c1-11(2)15-14-7-12(8-19-17(14)26-22-15)16(24)21-18-20-13(10-27-18)9-23-3-5-25-6-4-23/h7-8,10-11H,3-6,9H2,1-2H3,(H,20,21,24). The first kappa shape index (κ1) is 18.0. The maximum Gasteiger partial charge on any atom is 0.259 e. The number of thiazole rings is 1. The summed E-state index contributed by atoms with van der Waals surface area (Å²) in [6.07, 6.45) is 1.50. The third kappa shape index (κ3) is 4.00. The molecule has 27 heavy (non-hydrogen) atoms. The molecular formula is C18H21N5O3S. The smallest absolute Gasteiger partial charge is 0.259 e. The molecule has 0 spiro atoms. The van der Waals surface area contributed by atoms with Gasteiger partial charge in [0.05, 0.1) is 35.6 Å². The number of fused-ring (bicyclic) bond motifs is 1. The van der Waals surface area contributed by atoms with Crippen LogP contribution in [0.15, 0.2) is 22.2 Å². The zero-order valence-corrected chi connectivity index (χ0v) is 16.1. The van der Waals surface area contributed by atoms with E-state index in [1.807, 2.05) is 19.2 Å². The Balaban J connectivity index is 1.46. The highest BCUT2D eigenvalue weighted by Crippen LogP contribution is 2.25. The van der Waals surface area contributed by atoms with Crippen LogP contribution in [0.2, 0.25) is 0 Å². The van der Waals surface area contributed by atoms with Crippen molar-refractivity contribution in [3.63, 3.8) is 0 Å². The second kappa shape index (κ2) is 7.71. The van der Waals surface area contributed by atoms with Gasteiger partial charge in [-0.1, -0.05) is 19.0 Å². The van der Waals surface area contributed by atoms with E-state index in [1.54, 1.807) is 6.07 Å². The van der Waals surface area contributed by atoms with Gasteiger partial charge in [-0.25, -0.2) is 9.97 Å². The van der Waals surface area contributed by atoms with Gasteiger partial charge >= 0.3 is 0 Å². The lowest BCUT2D eigenvalue weighted by atomic mass is 10.1. The number of anilines is 1. The van der Waals surface area contributed by atoms with Crippen molar-refractivity contribution >= 4 is 33.5 Å². The maximum atomic E-state index is 12.6. The number of morpholine rings is 1. The summed E-state index contributed by atoms with van der Waals surface area (Å²) in [4.78, 5) is 23.6. The van der Waals surface area contributed by atoms with E-state index in [2.05, 4.69) is 25.3 Å². The molecule has 0 unspecified atom stereocenters. The Labute approximate surface area is 160 Å². The first-order valence-corrected chi connectivity index (χ1v) is 9.79. The third-order valence-corrected chi connectivity index (χ3v) is 5.23. The van der Waals surface area contributed by atoms with Crippen molar-refractivity contribution in [2.45, 2.75) is 26.3 Å². The Morgan fingerprint density at radius 2 is 2.19 bits per heavy atom. The summed E-state index contributed by atoms with van der Waals surface area (Å²) in [6, 6.07) is 1.77. The van der Waals surface area contributed by atoms with Crippen molar-refractivity contribution in [3.05, 3.63) is 34.6 Å². The molecule has 3 aromatic rings. The Hall–Kier alpha value is -2.36. The van der Waals surface area contributed by atoms with E-state index in [1.165, 1.54) is 17.5 Å². The first-order valence-electron chi connectivity index (χ1n) is 8.91. The monoisotopic (exact) mass is 387 g/mol. The molecule has 1 aliphatic heterocycles. The Bertz CT molecular complexity index is 946. The van der Waals surface area contributed by atoms with Crippen molar-refractivity contribution in [1.29, 1.82) is 0 Å². The number of nitrogens with one attached hydrogen (secondary N) is 1. The van der Waals surface area contributed by atoms with Crippen molar-refractivity contribution in [3.8, 4) is 0 Å². The van der Waals surface area contributed by atoms with Gasteiger partial charge in [0.15, 0.2) is 5.13 Å². The number of carbonyl (C=O) groups excluding carboxylic acids is 1. The average molecular weight is 387 g/mol. The Morgan fingerprint density at radius 1 is 1.37 bits per heavy atom. The molecule has 0 aromatic carbocycles. The fraction of sp³-hybridized carbons (Fsp3) is 0.444. The molecule has 0 atom stereocenters. The molecule has 1 N–H and O–H groups in total. The van der Waals surface area contributed by atoms with Gasteiger partial charge in [0.25, 0.3) is 11.6 Å². The zero-order valence-electron chi connectivity index (χ0n) is 15.3. The minimum Gasteiger partial charge on any atom is -0.379 e. The minimum atomic E-state index is -0.243. The topological polar surface area (TPSA) is 93.4 Å². The lowest BCUT2D eigenvalue weighted by Crippen LogP contribution is -2.35. The number of hydrogen-bond acceptors (Lipinski definition) is 8. The van der Waals surface area contributed by atoms with Crippen LogP contribution in [0.1, 0.15) is 41.5 Å². The van der Waals surface area contributed by atoms with Gasteiger partial charge in [-0.3, -0.25) is 15.0 Å². The molecule has 9 heteroatoms. The van der Waals surface area contributed by atoms with Crippen LogP contribution >= 0.6 is 11.3 Å². The second-order valence-electron chi connectivity index (χ2n) is 6.79. The predicted octanol–water partition coefficient (Wildman–Crippen LogP) is 2.89. The summed E-state index contributed by atoms with van der Waals surface area (Å²) < 4.78 is 10.6. The molecule has 4 heterocycles. The van der Waals surface area contributed by atoms with Crippen LogP contribution in [0.25, 0.3) is 11.1 Å². The normalized spacial score (nSPS) is 15.5. The van der Waals surface area contributed by atoms with E-state index in [0.717, 1.165) is 49.6 Å². The van der Waals surface area contributed by atoms with Crippen molar-refractivity contribution in [2.24, 2.45) is 0 Å². The Morgan fingerprint density at radius 3 is 2.96 bits per heavy atom. The lowest BCUT2D eigenvalue weighted by Gasteiger charge is -2.25. The summed E-state index contributed by atoms with van der Waals surface area (Å²) in [5.74, 6) is -0.0550. The fourth-order valence-electron chi connectivity index (χ4n) is 2.99. The SMILES string of the molecule is CC(C)c1noc2ncc(C(=O)Nc3nc(CN4CCOCC4)cs3)cc12. The van der Waals surface area contributed by atoms with Crippen LogP contribution in [-0.4, -0.2) is 52.2 Å². The quantitative estimate of drug-likeness (QED) is 0.719. The number of hydrogen-bond donors (Lipinski definition) is 1. The Kier molecular flexibility index (Phi) is 5.15. The van der Waals surface area contributed by atoms with Gasteiger partial charge in [-0.05, 0) is 12.0 Å². The number of aromatic nitrogens is 3. The largest absolute Gasteiger partial charge is 0.379 e. The van der Waals surface area contributed by atoms with Crippen LogP contribution < -0.4 is 5.32 Å². The molecule has 1 fully saturated rings. The average Bonchev–Trinajstić information content (AvgIpc) is 3.28. The van der Waals surface area contributed by atoms with Gasteiger partial charge < -0.3 is 9.26 Å². The van der Waals surface area contributed by atoms with E-state index >= 15 is 0 Å². The summed E-state index contributed by atoms with van der Waals surface area (Å²) in [5, 5.41) is 10.2. The van der Waals surface area contributed by atoms with Crippen molar-refractivity contribution in [1.82, 2.24) is 20.0 Å². The second-order valence-corrected chi connectivity index (χ2v) is 7.64. The van der Waals surface area contributed by atoms with Crippen LogP contribution in [0.5, 0.6) is 0 Å². The molecule has 1 amide bonds. The van der Waals surface area contributed by atoms with Gasteiger partial charge in [-0.2, -0.15) is 0 Å². The fourth-order valence-corrected chi connectivity index (χ4v) is 3.68. The van der Waals surface area contributed by atoms with Gasteiger partial charge in [-0.15, -0.1) is 11.3 Å². The molecule has 0 saturated carbocycles. The van der Waals surface area contributed by atoms with E-state index in [0.29, 0.717) is 16.4 Å². The summed E-state index contributed by atoms with van der Waals surface area (Å²) >= 11 is 1.42. The zero-order chi connectivity index (χ0) is 18.8. The predicted molar refractivity (Wildman–Crippen MR) is 102 cm³/mol. The maximum absolute atomic E-state index is 12.6. The van der Waals surface area contributed by atoms with Crippen LogP contribution in [0.4, 0.5) is 5.13 Å². The van der Waals surface area contributed by atoms with Crippen LogP contribution in [-0.2, 0) is 11.3 Å². The van der Waals surface area contributed by atoms with E-state index in [4.69, 9.17) is 9.26 Å². The highest BCUT2D eigenvalue weighted by atomic mass is 32.1. The molecule has 1 aliphatic rings. The highest BCUT2D eigenvalue weighted by molar-refractivity contribution is 7.13. The number of rotatable bonds is 5. The summed E-state index contributed by atoms with van der Waals surface area (Å²) in [5.41, 5.74) is 2.65. The first-order chi connectivity index (χ1) is 13.1. The number of carbonyl (C=O) groups is 1. The van der Waals surface area contributed by atoms with Crippen LogP contribution in [0.3, 0.4) is 0 Å². The molecule has 3 aromatic heterocycles. The van der Waals surface area contributed by atoms with E-state index in [-0.39, 0.29) is 11.8 Å². The minimum absolute atomic E-state index is 0.188. The summed E-state index contributed by atoms with van der Waals surface area (Å²) in [7, 11) is 0. The number of nitrogens with zero attached hydrogens (tertiary/aromatic N) is 4. The van der Waals surface area contributed by atoms with Crippen molar-refractivity contribution < 1.29 is 14.1 Å². The summed E-state index contributed by atoms with van der Waals surface area (Å²) in [6.45, 7) is 8.13. The molecule has 8 nitrogen and oxygen atoms in total. The molecule has 4 rings (SSSR count). The molecule has 0 aliphatic carbocycles. The van der Waals surface area contributed by atoms with Crippen LogP contribution in [0, 0.1) is 0 Å². The molecule has 142 valence electrons.